The summed E-state index contributed by atoms with van der Waals surface area (Å²) >= 11 is 0. The maximum absolute atomic E-state index is 15.4. The third-order valence-electron chi connectivity index (χ3n) is 8.80. The van der Waals surface area contributed by atoms with Gasteiger partial charge < -0.3 is 38.6 Å². The van der Waals surface area contributed by atoms with E-state index in [-0.39, 0.29) is 57.1 Å². The Bertz CT molecular complexity index is 1180. The lowest BCUT2D eigenvalue weighted by atomic mass is 9.97. The normalized spacial score (nSPS) is 11.0. The van der Waals surface area contributed by atoms with E-state index in [1.807, 2.05) is 0 Å². The Hall–Kier alpha value is -3.49. The molecule has 0 radical (unpaired) electrons. The molecule has 9 nitrogen and oxygen atoms in total. The summed E-state index contributed by atoms with van der Waals surface area (Å²) in [5, 5.41) is 22.8. The highest BCUT2D eigenvalue weighted by Crippen LogP contribution is 2.51. The predicted octanol–water partition coefficient (Wildman–Crippen LogP) is 11.7. The molecule has 0 aliphatic carbocycles. The van der Waals surface area contributed by atoms with Crippen LogP contribution in [0.1, 0.15) is 173 Å². The molecule has 296 valence electrons. The summed E-state index contributed by atoms with van der Waals surface area (Å²) in [5.74, 6) is 0.0953. The van der Waals surface area contributed by atoms with Gasteiger partial charge in [0.05, 0.1) is 39.6 Å². The van der Waals surface area contributed by atoms with Crippen molar-refractivity contribution >= 4 is 5.78 Å². The molecule has 0 atom stereocenters. The first-order valence-corrected chi connectivity index (χ1v) is 20.5. The molecule has 0 amide bonds. The first-order chi connectivity index (χ1) is 25.4. The van der Waals surface area contributed by atoms with Crippen LogP contribution in [0.2, 0.25) is 0 Å². The largest absolute Gasteiger partial charge is 0.504 e. The van der Waals surface area contributed by atoms with Crippen molar-refractivity contribution in [1.82, 2.24) is 0 Å². The monoisotopic (exact) mass is 731 g/mol. The standard InChI is InChI=1S/C43H70O9/c1-7-13-19-25-47-35-31-33(44)40(49-27-21-15-9-3)42(51-29-23-17-11-5)37(35)39(46)38-36(48-26-20-14-8-2)32-34(45)41(50-28-22-16-10-4)43(38)52-30-24-18-12-6/h31-32,44-45H,7-30H2,1-6H3. The van der Waals surface area contributed by atoms with Crippen molar-refractivity contribution in [1.29, 1.82) is 0 Å². The summed E-state index contributed by atoms with van der Waals surface area (Å²) < 4.78 is 37.9. The van der Waals surface area contributed by atoms with Gasteiger partial charge in [-0.2, -0.15) is 0 Å². The zero-order chi connectivity index (χ0) is 38.0. The number of phenols is 2. The lowest BCUT2D eigenvalue weighted by molar-refractivity contribution is 0.101. The van der Waals surface area contributed by atoms with Gasteiger partial charge in [-0.25, -0.2) is 0 Å². The summed E-state index contributed by atoms with van der Waals surface area (Å²) in [7, 11) is 0. The van der Waals surface area contributed by atoms with E-state index in [0.717, 1.165) is 116 Å². The SMILES string of the molecule is CCCCCOc1cc(O)c(OCCCCC)c(OCCCCC)c1C(=O)c1c(OCCCCC)cc(O)c(OCCCCC)c1OCCCCC. The number of carbonyl (C=O) groups excluding carboxylic acids is 1. The third kappa shape index (κ3) is 14.9. The highest BCUT2D eigenvalue weighted by Gasteiger charge is 2.34. The lowest BCUT2D eigenvalue weighted by Gasteiger charge is -2.23. The van der Waals surface area contributed by atoms with E-state index < -0.39 is 5.78 Å². The fourth-order valence-corrected chi connectivity index (χ4v) is 5.72. The molecular weight excluding hydrogens is 660 g/mol. The van der Waals surface area contributed by atoms with Crippen LogP contribution in [0, 0.1) is 0 Å². The topological polar surface area (TPSA) is 113 Å². The Balaban J connectivity index is 2.92. The van der Waals surface area contributed by atoms with Gasteiger partial charge in [-0.05, 0) is 38.5 Å². The number of hydrogen-bond donors (Lipinski definition) is 2. The molecule has 52 heavy (non-hydrogen) atoms. The molecule has 0 unspecified atom stereocenters. The molecule has 0 saturated heterocycles. The van der Waals surface area contributed by atoms with Crippen molar-refractivity contribution in [3.05, 3.63) is 23.3 Å². The highest BCUT2D eigenvalue weighted by atomic mass is 16.5. The van der Waals surface area contributed by atoms with E-state index in [2.05, 4.69) is 41.5 Å². The summed E-state index contributed by atoms with van der Waals surface area (Å²) in [6, 6.07) is 2.92. The van der Waals surface area contributed by atoms with E-state index >= 15 is 4.79 Å². The molecule has 0 aromatic heterocycles. The molecule has 2 N–H and O–H groups in total. The van der Waals surface area contributed by atoms with E-state index in [1.165, 1.54) is 12.1 Å². The Morgan fingerprint density at radius 3 is 0.923 bits per heavy atom. The van der Waals surface area contributed by atoms with Crippen LogP contribution in [0.5, 0.6) is 46.0 Å². The second-order valence-corrected chi connectivity index (χ2v) is 13.5. The van der Waals surface area contributed by atoms with Crippen molar-refractivity contribution in [3.8, 4) is 46.0 Å². The van der Waals surface area contributed by atoms with Gasteiger partial charge in [0, 0.05) is 12.1 Å². The number of ether oxygens (including phenoxy) is 6. The van der Waals surface area contributed by atoms with Crippen LogP contribution in [0.25, 0.3) is 0 Å². The molecule has 0 fully saturated rings. The average Bonchev–Trinajstić information content (AvgIpc) is 3.13. The van der Waals surface area contributed by atoms with Crippen LogP contribution in [-0.2, 0) is 0 Å². The predicted molar refractivity (Wildman–Crippen MR) is 210 cm³/mol. The van der Waals surface area contributed by atoms with Crippen LogP contribution in [0.3, 0.4) is 0 Å². The molecule has 9 heteroatoms. The molecule has 0 aliphatic heterocycles. The zero-order valence-electron chi connectivity index (χ0n) is 33.4. The van der Waals surface area contributed by atoms with Crippen molar-refractivity contribution in [2.24, 2.45) is 0 Å². The van der Waals surface area contributed by atoms with Crippen molar-refractivity contribution in [3.63, 3.8) is 0 Å². The number of hydrogen-bond acceptors (Lipinski definition) is 9. The number of rotatable bonds is 32. The van der Waals surface area contributed by atoms with Gasteiger partial charge in [-0.3, -0.25) is 4.79 Å². The van der Waals surface area contributed by atoms with Crippen LogP contribution >= 0.6 is 0 Å². The van der Waals surface area contributed by atoms with Gasteiger partial charge >= 0.3 is 0 Å². The van der Waals surface area contributed by atoms with Crippen molar-refractivity contribution in [2.45, 2.75) is 157 Å². The van der Waals surface area contributed by atoms with Crippen molar-refractivity contribution in [2.75, 3.05) is 39.6 Å². The van der Waals surface area contributed by atoms with E-state index in [4.69, 9.17) is 28.4 Å². The fraction of sp³-hybridized carbons (Fsp3) is 0.698. The lowest BCUT2D eigenvalue weighted by Crippen LogP contribution is -2.16. The maximum Gasteiger partial charge on any atom is 0.208 e. The minimum atomic E-state index is -0.483. The van der Waals surface area contributed by atoms with Crippen LogP contribution < -0.4 is 28.4 Å². The van der Waals surface area contributed by atoms with Gasteiger partial charge in [0.25, 0.3) is 0 Å². The number of ketones is 1. The van der Waals surface area contributed by atoms with Crippen LogP contribution in [-0.4, -0.2) is 55.6 Å². The molecule has 2 aromatic carbocycles. The number of carbonyl (C=O) groups is 1. The Morgan fingerprint density at radius 2 is 0.654 bits per heavy atom. The molecule has 0 spiro atoms. The Labute approximate surface area is 314 Å². The summed E-state index contributed by atoms with van der Waals surface area (Å²) in [5.41, 5.74) is 0.242. The summed E-state index contributed by atoms with van der Waals surface area (Å²) in [4.78, 5) is 15.4. The summed E-state index contributed by atoms with van der Waals surface area (Å²) in [6.45, 7) is 14.7. The molecular formula is C43H70O9. The van der Waals surface area contributed by atoms with Gasteiger partial charge in [0.1, 0.15) is 22.6 Å². The molecule has 0 bridgehead atoms. The van der Waals surface area contributed by atoms with Crippen LogP contribution in [0.15, 0.2) is 12.1 Å². The van der Waals surface area contributed by atoms with Gasteiger partial charge in [0.15, 0.2) is 23.0 Å². The third-order valence-corrected chi connectivity index (χ3v) is 8.80. The van der Waals surface area contributed by atoms with Gasteiger partial charge in [0.2, 0.25) is 17.3 Å². The first kappa shape index (κ1) is 44.7. The quantitative estimate of drug-likeness (QED) is 0.0561. The first-order valence-electron chi connectivity index (χ1n) is 20.5. The molecule has 0 heterocycles. The van der Waals surface area contributed by atoms with E-state index in [9.17, 15) is 10.2 Å². The number of aromatic hydroxyl groups is 2. The van der Waals surface area contributed by atoms with Gasteiger partial charge in [-0.1, -0.05) is 119 Å². The zero-order valence-corrected chi connectivity index (χ0v) is 33.4. The second-order valence-electron chi connectivity index (χ2n) is 13.5. The molecule has 2 aromatic rings. The smallest absolute Gasteiger partial charge is 0.208 e. The van der Waals surface area contributed by atoms with Crippen molar-refractivity contribution < 1.29 is 43.4 Å². The number of unbranched alkanes of at least 4 members (excludes halogenated alkanes) is 12. The minimum Gasteiger partial charge on any atom is -0.504 e. The Kier molecular flexibility index (Phi) is 23.3. The molecule has 0 saturated carbocycles. The molecule has 0 aliphatic rings. The number of phenolic OH excluding ortho intramolecular Hbond substituents is 2. The maximum atomic E-state index is 15.4. The minimum absolute atomic E-state index is 0.113. The fourth-order valence-electron chi connectivity index (χ4n) is 5.72. The summed E-state index contributed by atoms with van der Waals surface area (Å²) in [6.07, 6.45) is 16.4. The van der Waals surface area contributed by atoms with E-state index in [1.54, 1.807) is 0 Å². The number of benzene rings is 2. The molecule has 2 rings (SSSR count). The average molecular weight is 731 g/mol. The Morgan fingerprint density at radius 1 is 0.404 bits per heavy atom. The van der Waals surface area contributed by atoms with E-state index in [0.29, 0.717) is 39.6 Å². The van der Waals surface area contributed by atoms with Gasteiger partial charge in [-0.15, -0.1) is 0 Å². The second kappa shape index (κ2) is 27.2. The van der Waals surface area contributed by atoms with Crippen LogP contribution in [0.4, 0.5) is 0 Å². The highest BCUT2D eigenvalue weighted by molar-refractivity contribution is 6.17.